The van der Waals surface area contributed by atoms with E-state index in [0.29, 0.717) is 34.6 Å². The maximum absolute atomic E-state index is 12.8. The molecule has 2 N–H and O–H groups in total. The molecular weight excluding hydrogens is 466 g/mol. The molecule has 0 saturated carbocycles. The minimum atomic E-state index is -0.306. The van der Waals surface area contributed by atoms with Crippen LogP contribution in [-0.4, -0.2) is 40.3 Å². The van der Waals surface area contributed by atoms with E-state index in [1.165, 1.54) is 0 Å². The average Bonchev–Trinajstić information content (AvgIpc) is 3.43. The van der Waals surface area contributed by atoms with Crippen molar-refractivity contribution in [2.75, 3.05) is 5.32 Å². The highest BCUT2D eigenvalue weighted by molar-refractivity contribution is 6.30. The number of amides is 1. The Balaban J connectivity index is 1.37. The van der Waals surface area contributed by atoms with Crippen LogP contribution in [0.1, 0.15) is 23.1 Å². The van der Waals surface area contributed by atoms with Gasteiger partial charge in [0, 0.05) is 35.6 Å². The van der Waals surface area contributed by atoms with Crippen LogP contribution < -0.4 is 10.6 Å². The van der Waals surface area contributed by atoms with Gasteiger partial charge in [-0.25, -0.2) is 9.97 Å². The topological polar surface area (TPSA) is 115 Å². The molecule has 1 aliphatic heterocycles. The Labute approximate surface area is 205 Å². The van der Waals surface area contributed by atoms with Crippen molar-refractivity contribution in [3.63, 3.8) is 0 Å². The highest BCUT2D eigenvalue weighted by Crippen LogP contribution is 2.28. The first-order valence-corrected chi connectivity index (χ1v) is 11.4. The van der Waals surface area contributed by atoms with Gasteiger partial charge in [-0.15, -0.1) is 10.2 Å². The van der Waals surface area contributed by atoms with Crippen LogP contribution in [0.4, 0.5) is 11.8 Å². The summed E-state index contributed by atoms with van der Waals surface area (Å²) in [6.07, 6.45) is 4.17. The van der Waals surface area contributed by atoms with E-state index < -0.39 is 0 Å². The second-order valence-corrected chi connectivity index (χ2v) is 8.78. The van der Waals surface area contributed by atoms with Crippen LogP contribution in [-0.2, 0) is 24.7 Å². The van der Waals surface area contributed by atoms with Gasteiger partial charge in [-0.1, -0.05) is 23.7 Å². The lowest BCUT2D eigenvalue weighted by atomic mass is 10.1. The highest BCUT2D eigenvalue weighted by Gasteiger charge is 2.27. The van der Waals surface area contributed by atoms with Crippen LogP contribution in [0.15, 0.2) is 60.9 Å². The molecule has 5 aromatic rings. The molecule has 1 aliphatic rings. The third-order valence-electron chi connectivity index (χ3n) is 5.96. The smallest absolute Gasteiger partial charge is 0.228 e. The van der Waals surface area contributed by atoms with Crippen molar-refractivity contribution in [3.8, 4) is 11.3 Å². The number of nitrogens with zero attached hydrogens (tertiary/aromatic N) is 7. The predicted molar refractivity (Wildman–Crippen MR) is 130 cm³/mol. The van der Waals surface area contributed by atoms with Gasteiger partial charge >= 0.3 is 0 Å². The first-order chi connectivity index (χ1) is 17.0. The molecule has 5 heterocycles. The number of nitrogens with one attached hydrogen (secondary N) is 2. The summed E-state index contributed by atoms with van der Waals surface area (Å²) in [4.78, 5) is 21.8. The predicted octanol–water partition coefficient (Wildman–Crippen LogP) is 3.27. The van der Waals surface area contributed by atoms with Gasteiger partial charge in [0.05, 0.1) is 24.4 Å². The number of hydrogen-bond acceptors (Lipinski definition) is 7. The summed E-state index contributed by atoms with van der Waals surface area (Å²) < 4.78 is 3.66. The number of hydrogen-bond donors (Lipinski definition) is 2. The van der Waals surface area contributed by atoms with Gasteiger partial charge in [0.2, 0.25) is 11.9 Å². The van der Waals surface area contributed by atoms with E-state index in [1.807, 2.05) is 60.0 Å². The molecular formula is C24H20ClN9O. The molecule has 10 nitrogen and oxygen atoms in total. The number of carbonyl (C=O) groups excluding carboxylic acids is 1. The van der Waals surface area contributed by atoms with Crippen molar-refractivity contribution in [3.05, 3.63) is 83.0 Å². The summed E-state index contributed by atoms with van der Waals surface area (Å²) in [5.74, 6) is 1.84. The molecule has 174 valence electrons. The normalized spacial score (nSPS) is 15.1. The number of benzene rings is 1. The molecule has 4 aromatic heterocycles. The van der Waals surface area contributed by atoms with Gasteiger partial charge in [0.15, 0.2) is 11.5 Å². The number of aryl methyl sites for hydroxylation is 1. The maximum atomic E-state index is 12.8. The van der Waals surface area contributed by atoms with E-state index in [2.05, 4.69) is 35.9 Å². The Morgan fingerprint density at radius 2 is 1.97 bits per heavy atom. The number of aromatic nitrogens is 7. The molecule has 35 heavy (non-hydrogen) atoms. The lowest BCUT2D eigenvalue weighted by Gasteiger charge is -2.15. The Morgan fingerprint density at radius 3 is 2.77 bits per heavy atom. The number of rotatable bonds is 5. The van der Waals surface area contributed by atoms with Crippen molar-refractivity contribution in [1.82, 2.24) is 39.7 Å². The van der Waals surface area contributed by atoms with Crippen molar-refractivity contribution in [2.45, 2.75) is 18.9 Å². The van der Waals surface area contributed by atoms with Crippen molar-refractivity contribution >= 4 is 34.9 Å². The van der Waals surface area contributed by atoms with E-state index in [-0.39, 0.29) is 18.4 Å². The van der Waals surface area contributed by atoms with E-state index in [1.54, 1.807) is 17.1 Å². The van der Waals surface area contributed by atoms with Gasteiger partial charge in [-0.05, 0) is 42.3 Å². The molecule has 11 heteroatoms. The zero-order valence-corrected chi connectivity index (χ0v) is 19.4. The summed E-state index contributed by atoms with van der Waals surface area (Å²) in [6, 6.07) is 14.8. The first-order valence-electron chi connectivity index (χ1n) is 11.0. The largest absolute Gasteiger partial charge is 0.345 e. The monoisotopic (exact) mass is 485 g/mol. The number of halogens is 1. The molecule has 0 bridgehead atoms. The average molecular weight is 486 g/mol. The van der Waals surface area contributed by atoms with Gasteiger partial charge in [0.1, 0.15) is 5.82 Å². The highest BCUT2D eigenvalue weighted by atomic mass is 35.5. The molecule has 1 aromatic carbocycles. The standard InChI is InChI=1S/C24H20ClN9O/c1-33-20(7-9-27-33)30-24-26-8-6-18(29-24)15-11-17-13-22(35)28-19(10-14-2-4-16(25)5-3-14)23-32-31-21(12-15)34(17)23/h2-9,11-12,19H,10,13H2,1H3,(H,28,35)(H,26,29,30). The SMILES string of the molecule is Cn1nccc1Nc1nccc(-c2cc3n4c(nnc4c2)C(Cc2ccc(Cl)cc2)NC(=O)C3)n1. The van der Waals surface area contributed by atoms with Gasteiger partial charge < -0.3 is 10.6 Å². The number of pyridine rings is 1. The third-order valence-corrected chi connectivity index (χ3v) is 6.21. The van der Waals surface area contributed by atoms with Crippen LogP contribution in [0, 0.1) is 0 Å². The maximum Gasteiger partial charge on any atom is 0.228 e. The van der Waals surface area contributed by atoms with E-state index in [9.17, 15) is 4.79 Å². The van der Waals surface area contributed by atoms with Crippen molar-refractivity contribution < 1.29 is 4.79 Å². The van der Waals surface area contributed by atoms with Crippen LogP contribution in [0.3, 0.4) is 0 Å². The zero-order chi connectivity index (χ0) is 23.9. The first kappa shape index (κ1) is 21.2. The minimum absolute atomic E-state index is 0.0748. The van der Waals surface area contributed by atoms with Gasteiger partial charge in [0.25, 0.3) is 0 Å². The Morgan fingerprint density at radius 1 is 1.11 bits per heavy atom. The fourth-order valence-corrected chi connectivity index (χ4v) is 4.41. The lowest BCUT2D eigenvalue weighted by molar-refractivity contribution is -0.121. The summed E-state index contributed by atoms with van der Waals surface area (Å²) in [5, 5.41) is 19.9. The summed E-state index contributed by atoms with van der Waals surface area (Å²) in [6.45, 7) is 0. The van der Waals surface area contributed by atoms with E-state index >= 15 is 0 Å². The van der Waals surface area contributed by atoms with Crippen molar-refractivity contribution in [1.29, 1.82) is 0 Å². The second-order valence-electron chi connectivity index (χ2n) is 8.35. The molecule has 1 unspecified atom stereocenters. The van der Waals surface area contributed by atoms with Crippen LogP contribution in [0.5, 0.6) is 0 Å². The quantitative estimate of drug-likeness (QED) is 0.392. The van der Waals surface area contributed by atoms with Crippen LogP contribution in [0.25, 0.3) is 16.9 Å². The van der Waals surface area contributed by atoms with Crippen LogP contribution in [0.2, 0.25) is 5.02 Å². The summed E-state index contributed by atoms with van der Waals surface area (Å²) in [5.41, 5.74) is 4.03. The Hall–Kier alpha value is -4.31. The Kier molecular flexibility index (Phi) is 5.14. The Bertz CT molecular complexity index is 1560. The molecule has 0 fully saturated rings. The lowest BCUT2D eigenvalue weighted by Crippen LogP contribution is -2.30. The fourth-order valence-electron chi connectivity index (χ4n) is 4.29. The fraction of sp³-hybridized carbons (Fsp3) is 0.167. The number of carbonyl (C=O) groups is 1. The molecule has 6 rings (SSSR count). The van der Waals surface area contributed by atoms with E-state index in [4.69, 9.17) is 11.6 Å². The zero-order valence-electron chi connectivity index (χ0n) is 18.7. The molecule has 0 radical (unpaired) electrons. The molecule has 0 spiro atoms. The second kappa shape index (κ2) is 8.48. The minimum Gasteiger partial charge on any atom is -0.345 e. The van der Waals surface area contributed by atoms with Gasteiger partial charge in [-0.2, -0.15) is 5.10 Å². The molecule has 1 atom stereocenters. The van der Waals surface area contributed by atoms with Gasteiger partial charge in [-0.3, -0.25) is 13.9 Å². The number of anilines is 2. The van der Waals surface area contributed by atoms with Crippen molar-refractivity contribution in [2.24, 2.45) is 7.05 Å². The molecule has 1 amide bonds. The molecule has 0 aliphatic carbocycles. The third kappa shape index (κ3) is 4.08. The van der Waals surface area contributed by atoms with Crippen LogP contribution >= 0.6 is 11.6 Å². The molecule has 0 saturated heterocycles. The summed E-state index contributed by atoms with van der Waals surface area (Å²) in [7, 11) is 1.84. The van der Waals surface area contributed by atoms with E-state index in [0.717, 1.165) is 22.6 Å². The summed E-state index contributed by atoms with van der Waals surface area (Å²) >= 11 is 6.02.